The van der Waals surface area contributed by atoms with Crippen molar-refractivity contribution in [3.63, 3.8) is 0 Å². The van der Waals surface area contributed by atoms with Crippen LogP contribution in [-0.4, -0.2) is 85.2 Å². The molecular formula is C40H40F3N9O5. The van der Waals surface area contributed by atoms with Gasteiger partial charge in [0.2, 0.25) is 11.7 Å². The third-order valence-corrected chi connectivity index (χ3v) is 10.7. The van der Waals surface area contributed by atoms with Crippen molar-refractivity contribution in [3.8, 4) is 5.75 Å². The number of anilines is 2. The smallest absolute Gasteiger partial charge is 0.416 e. The highest BCUT2D eigenvalue weighted by atomic mass is 19.4. The van der Waals surface area contributed by atoms with Crippen molar-refractivity contribution in [3.05, 3.63) is 111 Å². The molecule has 296 valence electrons. The number of carbonyl (C=O) groups is 2. The predicted octanol–water partition coefficient (Wildman–Crippen LogP) is 5.35. The van der Waals surface area contributed by atoms with E-state index in [2.05, 4.69) is 20.4 Å². The second-order valence-electron chi connectivity index (χ2n) is 14.5. The Labute approximate surface area is 325 Å². The first-order valence-electron chi connectivity index (χ1n) is 18.7. The zero-order valence-electron chi connectivity index (χ0n) is 31.5. The number of hydrogen-bond donors (Lipinski definition) is 1. The SMILES string of the molecule is Cc1cc(C(F)(F)F)ccc1NC(=O)[C@H]1C[C@@H](C)c2c(N3CCN(C(=O)c4ncnc(C)c4OCc4ccccc4)CC3)c(=O)n3nc(C4=CCOCC4)nc3n21. The Morgan fingerprint density at radius 1 is 1.04 bits per heavy atom. The fourth-order valence-corrected chi connectivity index (χ4v) is 7.74. The number of piperazine rings is 1. The summed E-state index contributed by atoms with van der Waals surface area (Å²) in [6.45, 7) is 7.37. The van der Waals surface area contributed by atoms with E-state index in [1.165, 1.54) is 23.8 Å². The Morgan fingerprint density at radius 2 is 1.81 bits per heavy atom. The molecule has 0 saturated carbocycles. The molecule has 2 aromatic carbocycles. The summed E-state index contributed by atoms with van der Waals surface area (Å²) in [6.07, 6.45) is -0.488. The lowest BCUT2D eigenvalue weighted by molar-refractivity contribution is -0.137. The highest BCUT2D eigenvalue weighted by molar-refractivity contribution is 5.96. The molecule has 8 rings (SSSR count). The molecule has 0 aliphatic carbocycles. The first kappa shape index (κ1) is 37.8. The molecule has 0 radical (unpaired) electrons. The van der Waals surface area contributed by atoms with Crippen LogP contribution in [0.2, 0.25) is 0 Å². The highest BCUT2D eigenvalue weighted by Crippen LogP contribution is 2.42. The van der Waals surface area contributed by atoms with Gasteiger partial charge in [0.05, 0.1) is 30.2 Å². The quantitative estimate of drug-likeness (QED) is 0.218. The minimum Gasteiger partial charge on any atom is -0.485 e. The monoisotopic (exact) mass is 783 g/mol. The van der Waals surface area contributed by atoms with E-state index >= 15 is 0 Å². The summed E-state index contributed by atoms with van der Waals surface area (Å²) in [5, 5.41) is 7.48. The summed E-state index contributed by atoms with van der Waals surface area (Å²) in [7, 11) is 0. The van der Waals surface area contributed by atoms with Crippen LogP contribution >= 0.6 is 0 Å². The number of hydrogen-bond acceptors (Lipinski definition) is 10. The van der Waals surface area contributed by atoms with Crippen LogP contribution in [0.15, 0.2) is 65.7 Å². The molecule has 2 atom stereocenters. The maximum Gasteiger partial charge on any atom is 0.416 e. The largest absolute Gasteiger partial charge is 0.485 e. The van der Waals surface area contributed by atoms with Crippen LogP contribution in [0.1, 0.15) is 76.1 Å². The lowest BCUT2D eigenvalue weighted by Gasteiger charge is -2.36. The Kier molecular flexibility index (Phi) is 10.0. The molecule has 14 nitrogen and oxygen atoms in total. The Balaban J connectivity index is 1.11. The molecule has 1 saturated heterocycles. The molecule has 0 spiro atoms. The number of aromatic nitrogens is 6. The summed E-state index contributed by atoms with van der Waals surface area (Å²) in [4.78, 5) is 59.5. The lowest BCUT2D eigenvalue weighted by Crippen LogP contribution is -2.51. The molecule has 0 unspecified atom stereocenters. The fourth-order valence-electron chi connectivity index (χ4n) is 7.74. The van der Waals surface area contributed by atoms with E-state index in [1.807, 2.05) is 48.2 Å². The summed E-state index contributed by atoms with van der Waals surface area (Å²) < 4.78 is 54.7. The van der Waals surface area contributed by atoms with E-state index in [0.717, 1.165) is 23.3 Å². The average molecular weight is 784 g/mol. The number of benzene rings is 2. The van der Waals surface area contributed by atoms with Crippen LogP contribution in [0.4, 0.5) is 24.5 Å². The summed E-state index contributed by atoms with van der Waals surface area (Å²) >= 11 is 0. The van der Waals surface area contributed by atoms with Gasteiger partial charge in [-0.25, -0.2) is 9.97 Å². The van der Waals surface area contributed by atoms with Gasteiger partial charge in [-0.2, -0.15) is 22.7 Å². The number of ether oxygens (including phenoxy) is 2. The summed E-state index contributed by atoms with van der Waals surface area (Å²) in [6, 6.07) is 11.9. The number of alkyl halides is 3. The van der Waals surface area contributed by atoms with Gasteiger partial charge in [0.15, 0.2) is 17.3 Å². The molecule has 3 aromatic heterocycles. The van der Waals surface area contributed by atoms with Gasteiger partial charge in [0, 0.05) is 37.8 Å². The van der Waals surface area contributed by atoms with E-state index in [1.54, 1.807) is 16.4 Å². The van der Waals surface area contributed by atoms with E-state index in [0.29, 0.717) is 67.8 Å². The number of carbonyl (C=O) groups excluding carboxylic acids is 2. The van der Waals surface area contributed by atoms with Gasteiger partial charge in [-0.15, -0.1) is 5.10 Å². The molecule has 1 fully saturated rings. The molecule has 5 aromatic rings. The number of aryl methyl sites for hydroxylation is 2. The Hall–Kier alpha value is -6.10. The average Bonchev–Trinajstić information content (AvgIpc) is 3.81. The van der Waals surface area contributed by atoms with Gasteiger partial charge in [0.25, 0.3) is 11.5 Å². The molecule has 17 heteroatoms. The predicted molar refractivity (Wildman–Crippen MR) is 203 cm³/mol. The highest BCUT2D eigenvalue weighted by Gasteiger charge is 2.41. The number of nitrogens with one attached hydrogen (secondary N) is 1. The maximum absolute atomic E-state index is 14.5. The first-order valence-corrected chi connectivity index (χ1v) is 18.7. The number of nitrogens with zero attached hydrogens (tertiary/aromatic N) is 8. The van der Waals surface area contributed by atoms with Gasteiger partial charge in [-0.05, 0) is 61.6 Å². The molecule has 3 aliphatic heterocycles. The molecule has 3 aliphatic rings. The van der Waals surface area contributed by atoms with E-state index in [4.69, 9.17) is 14.5 Å². The molecule has 57 heavy (non-hydrogen) atoms. The van der Waals surface area contributed by atoms with E-state index in [-0.39, 0.29) is 54.2 Å². The number of fused-ring (bicyclic) bond motifs is 3. The topological polar surface area (TPSA) is 149 Å². The van der Waals surface area contributed by atoms with Crippen molar-refractivity contribution in [2.24, 2.45) is 0 Å². The van der Waals surface area contributed by atoms with Crippen molar-refractivity contribution >= 4 is 34.5 Å². The van der Waals surface area contributed by atoms with Crippen LogP contribution < -0.4 is 20.5 Å². The van der Waals surface area contributed by atoms with E-state index < -0.39 is 29.2 Å². The second-order valence-corrected chi connectivity index (χ2v) is 14.5. The lowest BCUT2D eigenvalue weighted by atomic mass is 10.0. The third kappa shape index (κ3) is 7.22. The standard InChI is InChI=1S/C40H40F3N9O5/c1-23-19-28(40(41,42)43)9-10-29(23)46-36(53)30-20-24(2)32-33(38(55)52-39(51(30)32)47-35(48-52)27-11-17-56-18-12-27)49-13-15-50(16-14-49)37(54)31-34(25(3)44-22-45-31)57-21-26-7-5-4-6-8-26/h4-11,19,22,24,30H,12-18,20-21H2,1-3H3,(H,46,53)/t24-,30-/m1/s1. The zero-order valence-corrected chi connectivity index (χ0v) is 31.5. The number of halogens is 3. The minimum atomic E-state index is -4.53. The summed E-state index contributed by atoms with van der Waals surface area (Å²) in [5.41, 5.74) is 2.65. The van der Waals surface area contributed by atoms with Gasteiger partial charge in [-0.1, -0.05) is 43.3 Å². The second kappa shape index (κ2) is 15.1. The molecule has 6 heterocycles. The Morgan fingerprint density at radius 3 is 2.51 bits per heavy atom. The fraction of sp³-hybridized carbons (Fsp3) is 0.375. The maximum atomic E-state index is 14.5. The van der Waals surface area contributed by atoms with Crippen molar-refractivity contribution < 1.29 is 32.2 Å². The van der Waals surface area contributed by atoms with Crippen molar-refractivity contribution in [1.82, 2.24) is 34.0 Å². The number of rotatable bonds is 8. The molecule has 1 N–H and O–H groups in total. The van der Waals surface area contributed by atoms with Crippen LogP contribution in [0, 0.1) is 13.8 Å². The van der Waals surface area contributed by atoms with E-state index in [9.17, 15) is 27.6 Å². The summed E-state index contributed by atoms with van der Waals surface area (Å²) in [5.74, 6) is -0.240. The molecular weight excluding hydrogens is 743 g/mol. The van der Waals surface area contributed by atoms with Crippen LogP contribution in [0.3, 0.4) is 0 Å². The normalized spacial score (nSPS) is 18.4. The molecule has 2 amide bonds. The van der Waals surface area contributed by atoms with Gasteiger partial charge in [-0.3, -0.25) is 19.0 Å². The van der Waals surface area contributed by atoms with Crippen molar-refractivity contribution in [1.29, 1.82) is 0 Å². The third-order valence-electron chi connectivity index (χ3n) is 10.7. The van der Waals surface area contributed by atoms with Crippen LogP contribution in [0.25, 0.3) is 11.4 Å². The number of amides is 2. The first-order chi connectivity index (χ1) is 27.4. The van der Waals surface area contributed by atoms with Gasteiger partial charge >= 0.3 is 6.18 Å². The Bertz CT molecular complexity index is 2460. The zero-order chi connectivity index (χ0) is 40.0. The van der Waals surface area contributed by atoms with Crippen molar-refractivity contribution in [2.45, 2.75) is 58.4 Å². The van der Waals surface area contributed by atoms with Crippen LogP contribution in [-0.2, 0) is 22.3 Å². The molecule has 0 bridgehead atoms. The van der Waals surface area contributed by atoms with Gasteiger partial charge < -0.3 is 24.6 Å². The minimum absolute atomic E-state index is 0.151. The van der Waals surface area contributed by atoms with Gasteiger partial charge in [0.1, 0.15) is 24.7 Å². The van der Waals surface area contributed by atoms with Crippen molar-refractivity contribution in [2.75, 3.05) is 49.6 Å². The van der Waals surface area contributed by atoms with Crippen LogP contribution in [0.5, 0.6) is 5.75 Å².